The molecule has 0 saturated carbocycles. The van der Waals surface area contributed by atoms with Crippen molar-refractivity contribution < 1.29 is 13.6 Å². The Morgan fingerprint density at radius 3 is 2.72 bits per heavy atom. The van der Waals surface area contributed by atoms with E-state index in [0.717, 1.165) is 31.1 Å². The van der Waals surface area contributed by atoms with Crippen LogP contribution in [0.4, 0.5) is 0 Å². The van der Waals surface area contributed by atoms with Gasteiger partial charge < -0.3 is 13.6 Å². The SMILES string of the molecule is C=C(C)COCCC[Si]1(C)OC(C)CC(C)(C)O1. The van der Waals surface area contributed by atoms with Gasteiger partial charge in [0.05, 0.1) is 12.2 Å². The first-order chi connectivity index (χ1) is 8.22. The summed E-state index contributed by atoms with van der Waals surface area (Å²) in [5, 5.41) is 0. The summed E-state index contributed by atoms with van der Waals surface area (Å²) in [5.74, 6) is 0. The molecule has 18 heavy (non-hydrogen) atoms. The van der Waals surface area contributed by atoms with Gasteiger partial charge in [0.1, 0.15) is 0 Å². The molecule has 0 aromatic carbocycles. The highest BCUT2D eigenvalue weighted by Crippen LogP contribution is 2.33. The molecule has 0 N–H and O–H groups in total. The van der Waals surface area contributed by atoms with Gasteiger partial charge in [0.2, 0.25) is 0 Å². The number of rotatable bonds is 6. The maximum Gasteiger partial charge on any atom is 0.335 e. The van der Waals surface area contributed by atoms with Gasteiger partial charge in [-0.2, -0.15) is 0 Å². The third-order valence-electron chi connectivity index (χ3n) is 2.99. The number of hydrogen-bond donors (Lipinski definition) is 0. The lowest BCUT2D eigenvalue weighted by molar-refractivity contribution is -0.0432. The molecule has 1 aliphatic rings. The maximum absolute atomic E-state index is 6.20. The van der Waals surface area contributed by atoms with Crippen molar-refractivity contribution in [3.05, 3.63) is 12.2 Å². The molecule has 4 heteroatoms. The van der Waals surface area contributed by atoms with Crippen LogP contribution in [0.25, 0.3) is 0 Å². The average Bonchev–Trinajstić information content (AvgIpc) is 2.11. The fraction of sp³-hybridized carbons (Fsp3) is 0.857. The van der Waals surface area contributed by atoms with Gasteiger partial charge in [-0.25, -0.2) is 0 Å². The minimum Gasteiger partial charge on any atom is -0.391 e. The fourth-order valence-corrected chi connectivity index (χ4v) is 5.90. The van der Waals surface area contributed by atoms with Gasteiger partial charge in [-0.1, -0.05) is 12.2 Å². The van der Waals surface area contributed by atoms with Crippen LogP contribution in [0.5, 0.6) is 0 Å². The van der Waals surface area contributed by atoms with E-state index in [1.807, 2.05) is 6.92 Å². The van der Waals surface area contributed by atoms with Crippen LogP contribution < -0.4 is 0 Å². The van der Waals surface area contributed by atoms with Gasteiger partial charge in [-0.05, 0) is 53.1 Å². The first-order valence-electron chi connectivity index (χ1n) is 6.83. The molecule has 0 radical (unpaired) electrons. The summed E-state index contributed by atoms with van der Waals surface area (Å²) in [6.45, 7) is 15.9. The standard InChI is InChI=1S/C14H28O3Si/c1-12(2)11-15-8-7-9-18(6)16-13(3)10-14(4,5)17-18/h13H,1,7-11H2,2-6H3. The minimum absolute atomic E-state index is 0.0444. The van der Waals surface area contributed by atoms with Gasteiger partial charge >= 0.3 is 8.56 Å². The van der Waals surface area contributed by atoms with Crippen molar-refractivity contribution in [3.63, 3.8) is 0 Å². The van der Waals surface area contributed by atoms with Crippen molar-refractivity contribution in [2.75, 3.05) is 13.2 Å². The van der Waals surface area contributed by atoms with Gasteiger partial charge in [0, 0.05) is 12.7 Å². The van der Waals surface area contributed by atoms with E-state index in [1.54, 1.807) is 0 Å². The molecule has 0 aromatic rings. The second kappa shape index (κ2) is 6.33. The molecule has 1 rings (SSSR count). The normalized spacial score (nSPS) is 31.3. The Morgan fingerprint density at radius 2 is 2.17 bits per heavy atom. The van der Waals surface area contributed by atoms with Crippen LogP contribution >= 0.6 is 0 Å². The zero-order chi connectivity index (χ0) is 13.8. The molecule has 0 spiro atoms. The molecule has 106 valence electrons. The molecule has 0 aromatic heterocycles. The average molecular weight is 272 g/mol. The molecule has 0 amide bonds. The van der Waals surface area contributed by atoms with Gasteiger partial charge in [-0.3, -0.25) is 0 Å². The first kappa shape index (κ1) is 15.9. The summed E-state index contributed by atoms with van der Waals surface area (Å²) < 4.78 is 17.8. The van der Waals surface area contributed by atoms with Gasteiger partial charge in [-0.15, -0.1) is 0 Å². The van der Waals surface area contributed by atoms with E-state index < -0.39 is 8.56 Å². The van der Waals surface area contributed by atoms with E-state index >= 15 is 0 Å². The lowest BCUT2D eigenvalue weighted by atomic mass is 10.0. The van der Waals surface area contributed by atoms with E-state index in [0.29, 0.717) is 12.7 Å². The highest BCUT2D eigenvalue weighted by molar-refractivity contribution is 6.66. The highest BCUT2D eigenvalue weighted by atomic mass is 28.4. The summed E-state index contributed by atoms with van der Waals surface area (Å²) in [7, 11) is -2.01. The zero-order valence-electron chi connectivity index (χ0n) is 12.5. The summed E-state index contributed by atoms with van der Waals surface area (Å²) in [6.07, 6.45) is 2.28. The molecule has 2 atom stereocenters. The highest BCUT2D eigenvalue weighted by Gasteiger charge is 2.43. The van der Waals surface area contributed by atoms with E-state index in [1.165, 1.54) is 0 Å². The van der Waals surface area contributed by atoms with Gasteiger partial charge in [0.25, 0.3) is 0 Å². The Morgan fingerprint density at radius 1 is 1.50 bits per heavy atom. The van der Waals surface area contributed by atoms with Crippen molar-refractivity contribution in [3.8, 4) is 0 Å². The smallest absolute Gasteiger partial charge is 0.335 e. The molecule has 1 heterocycles. The Bertz CT molecular complexity index is 291. The summed E-state index contributed by atoms with van der Waals surface area (Å²) in [6, 6.07) is 0.997. The second-order valence-corrected chi connectivity index (χ2v) is 9.45. The Kier molecular flexibility index (Phi) is 5.59. The Balaban J connectivity index is 2.33. The molecule has 3 nitrogen and oxygen atoms in total. The Hall–Kier alpha value is -0.163. The molecule has 2 unspecified atom stereocenters. The van der Waals surface area contributed by atoms with Crippen LogP contribution in [0.2, 0.25) is 12.6 Å². The largest absolute Gasteiger partial charge is 0.391 e. The van der Waals surface area contributed by atoms with Crippen LogP contribution in [-0.4, -0.2) is 33.5 Å². The monoisotopic (exact) mass is 272 g/mol. The van der Waals surface area contributed by atoms with Crippen molar-refractivity contribution in [2.24, 2.45) is 0 Å². The first-order valence-corrected chi connectivity index (χ1v) is 9.35. The molecule has 0 bridgehead atoms. The van der Waals surface area contributed by atoms with Crippen LogP contribution in [0, 0.1) is 0 Å². The van der Waals surface area contributed by atoms with Crippen molar-refractivity contribution >= 4 is 8.56 Å². The van der Waals surface area contributed by atoms with E-state index in [-0.39, 0.29) is 5.60 Å². The second-order valence-electron chi connectivity index (χ2n) is 6.24. The quantitative estimate of drug-likeness (QED) is 0.420. The van der Waals surface area contributed by atoms with Crippen LogP contribution in [0.15, 0.2) is 12.2 Å². The topological polar surface area (TPSA) is 27.7 Å². The van der Waals surface area contributed by atoms with Crippen LogP contribution in [-0.2, 0) is 13.6 Å². The van der Waals surface area contributed by atoms with E-state index in [4.69, 9.17) is 13.6 Å². The van der Waals surface area contributed by atoms with Gasteiger partial charge in [0.15, 0.2) is 0 Å². The van der Waals surface area contributed by atoms with Crippen molar-refractivity contribution in [1.82, 2.24) is 0 Å². The van der Waals surface area contributed by atoms with Crippen LogP contribution in [0.1, 0.15) is 40.5 Å². The molecule has 0 aliphatic carbocycles. The molecule has 1 saturated heterocycles. The zero-order valence-corrected chi connectivity index (χ0v) is 13.5. The fourth-order valence-electron chi connectivity index (χ4n) is 2.66. The molecular formula is C14H28O3Si. The third-order valence-corrected chi connectivity index (χ3v) is 6.14. The minimum atomic E-state index is -2.01. The summed E-state index contributed by atoms with van der Waals surface area (Å²) in [4.78, 5) is 0. The predicted octanol–water partition coefficient (Wildman–Crippen LogP) is 3.65. The van der Waals surface area contributed by atoms with E-state index in [9.17, 15) is 0 Å². The van der Waals surface area contributed by atoms with Crippen LogP contribution in [0.3, 0.4) is 0 Å². The molecule has 1 fully saturated rings. The number of hydrogen-bond acceptors (Lipinski definition) is 3. The summed E-state index contributed by atoms with van der Waals surface area (Å²) in [5.41, 5.74) is 1.02. The predicted molar refractivity (Wildman–Crippen MR) is 77.0 cm³/mol. The Labute approximate surface area is 113 Å². The van der Waals surface area contributed by atoms with Crippen molar-refractivity contribution in [1.29, 1.82) is 0 Å². The lowest BCUT2D eigenvalue weighted by Crippen LogP contribution is -2.54. The number of ether oxygens (including phenoxy) is 1. The summed E-state index contributed by atoms with van der Waals surface area (Å²) >= 11 is 0. The van der Waals surface area contributed by atoms with E-state index in [2.05, 4.69) is 33.9 Å². The van der Waals surface area contributed by atoms with Crippen molar-refractivity contribution in [2.45, 2.75) is 64.8 Å². The third kappa shape index (κ3) is 5.65. The molecule has 1 aliphatic heterocycles. The maximum atomic E-state index is 6.20. The lowest BCUT2D eigenvalue weighted by Gasteiger charge is -2.44. The molecular weight excluding hydrogens is 244 g/mol.